The van der Waals surface area contributed by atoms with Gasteiger partial charge in [-0.2, -0.15) is 0 Å². The van der Waals surface area contributed by atoms with E-state index in [0.29, 0.717) is 0 Å². The Morgan fingerprint density at radius 3 is 2.93 bits per heavy atom. The zero-order valence-corrected chi connectivity index (χ0v) is 7.24. The second-order valence-electron chi connectivity index (χ2n) is 2.83. The summed E-state index contributed by atoms with van der Waals surface area (Å²) in [5.74, 6) is -0.960. The molecular weight excluding hydrogens is 189 g/mol. The van der Waals surface area contributed by atoms with Crippen LogP contribution in [0.25, 0.3) is 11.0 Å². The molecule has 2 aromatic rings. The van der Waals surface area contributed by atoms with Crippen LogP contribution in [-0.4, -0.2) is 14.5 Å². The topological polar surface area (TPSA) is 67.8 Å². The van der Waals surface area contributed by atoms with Gasteiger partial charge in [0.2, 0.25) is 0 Å². The molecule has 14 heavy (non-hydrogen) atoms. The Hall–Kier alpha value is -1.98. The van der Waals surface area contributed by atoms with Crippen molar-refractivity contribution in [1.29, 1.82) is 0 Å². The number of rotatable bonds is 0. The Labute approximate surface area is 76.8 Å². The molecule has 0 spiro atoms. The molecule has 0 saturated heterocycles. The number of hydrogen-bond acceptors (Lipinski definition) is 3. The Bertz CT molecular complexity index is 614. The average molecular weight is 195 g/mol. The maximum Gasteiger partial charge on any atom is 0.287 e. The number of aromatic amines is 1. The van der Waals surface area contributed by atoms with Crippen LogP contribution in [0.1, 0.15) is 0 Å². The number of H-pyrrole nitrogens is 1. The van der Waals surface area contributed by atoms with Gasteiger partial charge in [-0.1, -0.05) is 0 Å². The van der Waals surface area contributed by atoms with Crippen LogP contribution in [0.5, 0.6) is 0 Å². The van der Waals surface area contributed by atoms with Gasteiger partial charge in [-0.05, 0) is 6.07 Å². The fourth-order valence-electron chi connectivity index (χ4n) is 1.24. The number of hydrogen-bond donors (Lipinski definition) is 1. The number of nitrogens with one attached hydrogen (secondary N) is 1. The van der Waals surface area contributed by atoms with Gasteiger partial charge in [0.25, 0.3) is 11.1 Å². The maximum atomic E-state index is 13.0. The van der Waals surface area contributed by atoms with Crippen molar-refractivity contribution in [2.45, 2.75) is 0 Å². The average Bonchev–Trinajstić information content (AvgIpc) is 2.17. The molecule has 6 heteroatoms. The number of aryl methyl sites for hydroxylation is 1. The molecule has 2 heterocycles. The summed E-state index contributed by atoms with van der Waals surface area (Å²) < 4.78 is 14.0. The van der Waals surface area contributed by atoms with Crippen LogP contribution in [0, 0.1) is 5.82 Å². The van der Waals surface area contributed by atoms with Crippen LogP contribution >= 0.6 is 0 Å². The molecular formula is C8H6FN3O2. The lowest BCUT2D eigenvalue weighted by molar-refractivity contribution is 0.596. The molecule has 0 radical (unpaired) electrons. The van der Waals surface area contributed by atoms with Gasteiger partial charge in [0, 0.05) is 7.05 Å². The van der Waals surface area contributed by atoms with Gasteiger partial charge >= 0.3 is 0 Å². The van der Waals surface area contributed by atoms with Crippen molar-refractivity contribution in [1.82, 2.24) is 14.5 Å². The highest BCUT2D eigenvalue weighted by Gasteiger charge is 2.08. The van der Waals surface area contributed by atoms with Gasteiger partial charge < -0.3 is 4.98 Å². The van der Waals surface area contributed by atoms with Gasteiger partial charge in [-0.15, -0.1) is 0 Å². The normalized spacial score (nSPS) is 10.7. The number of aromatic nitrogens is 3. The minimum absolute atomic E-state index is 0.0621. The van der Waals surface area contributed by atoms with E-state index in [9.17, 15) is 14.0 Å². The second kappa shape index (κ2) is 2.76. The summed E-state index contributed by atoms with van der Waals surface area (Å²) in [5, 5.41) is 0.0621. The Morgan fingerprint density at radius 2 is 2.21 bits per heavy atom. The number of pyridine rings is 1. The van der Waals surface area contributed by atoms with E-state index in [0.717, 1.165) is 10.6 Å². The molecule has 1 N–H and O–H groups in total. The standard InChI is InChI=1S/C8H6FN3O2/c1-12-6-4(2-5(9)8(12)14)7(13)11-3-10-6/h2-3H,1H3,(H,10,11,13). The number of fused-ring (bicyclic) bond motifs is 1. The molecule has 0 bridgehead atoms. The Morgan fingerprint density at radius 1 is 1.50 bits per heavy atom. The van der Waals surface area contributed by atoms with E-state index < -0.39 is 16.9 Å². The summed E-state index contributed by atoms with van der Waals surface area (Å²) in [5.41, 5.74) is -1.10. The van der Waals surface area contributed by atoms with E-state index in [4.69, 9.17) is 0 Å². The van der Waals surface area contributed by atoms with Crippen molar-refractivity contribution in [2.24, 2.45) is 7.05 Å². The van der Waals surface area contributed by atoms with Crippen molar-refractivity contribution < 1.29 is 4.39 Å². The van der Waals surface area contributed by atoms with Crippen LogP contribution in [-0.2, 0) is 7.05 Å². The van der Waals surface area contributed by atoms with Gasteiger partial charge in [-0.3, -0.25) is 14.2 Å². The third kappa shape index (κ3) is 1.04. The van der Waals surface area contributed by atoms with Crippen molar-refractivity contribution >= 4 is 11.0 Å². The first-order valence-electron chi connectivity index (χ1n) is 3.84. The highest BCUT2D eigenvalue weighted by Crippen LogP contribution is 2.02. The van der Waals surface area contributed by atoms with Gasteiger partial charge in [-0.25, -0.2) is 9.37 Å². The smallest absolute Gasteiger partial charge is 0.287 e. The van der Waals surface area contributed by atoms with E-state index in [1.807, 2.05) is 0 Å². The molecule has 72 valence electrons. The summed E-state index contributed by atoms with van der Waals surface area (Å²) in [6.07, 6.45) is 1.17. The summed E-state index contributed by atoms with van der Waals surface area (Å²) in [4.78, 5) is 28.4. The molecule has 0 aliphatic rings. The minimum atomic E-state index is -0.960. The predicted octanol–water partition coefficient (Wildman–Crippen LogP) is -0.239. The minimum Gasteiger partial charge on any atom is -0.313 e. The van der Waals surface area contributed by atoms with Crippen molar-refractivity contribution in [3.8, 4) is 0 Å². The third-order valence-corrected chi connectivity index (χ3v) is 1.97. The highest BCUT2D eigenvalue weighted by molar-refractivity contribution is 5.73. The van der Waals surface area contributed by atoms with E-state index in [-0.39, 0.29) is 11.0 Å². The summed E-state index contributed by atoms with van der Waals surface area (Å²) in [6, 6.07) is 0.892. The molecule has 0 saturated carbocycles. The summed E-state index contributed by atoms with van der Waals surface area (Å²) in [6.45, 7) is 0. The Kier molecular flexibility index (Phi) is 1.70. The fraction of sp³-hybridized carbons (Fsp3) is 0.125. The van der Waals surface area contributed by atoms with E-state index >= 15 is 0 Å². The van der Waals surface area contributed by atoms with Crippen LogP contribution < -0.4 is 11.1 Å². The molecule has 2 aromatic heterocycles. The molecule has 0 unspecified atom stereocenters. The quantitative estimate of drug-likeness (QED) is 0.630. The van der Waals surface area contributed by atoms with Gasteiger partial charge in [0.15, 0.2) is 5.82 Å². The predicted molar refractivity (Wildman–Crippen MR) is 47.6 cm³/mol. The zero-order valence-electron chi connectivity index (χ0n) is 7.24. The van der Waals surface area contributed by atoms with Gasteiger partial charge in [0.05, 0.1) is 11.7 Å². The van der Waals surface area contributed by atoms with Crippen molar-refractivity contribution in [3.05, 3.63) is 38.9 Å². The van der Waals surface area contributed by atoms with Gasteiger partial charge in [0.1, 0.15) is 5.65 Å². The molecule has 5 nitrogen and oxygen atoms in total. The van der Waals surface area contributed by atoms with Crippen molar-refractivity contribution in [2.75, 3.05) is 0 Å². The third-order valence-electron chi connectivity index (χ3n) is 1.97. The van der Waals surface area contributed by atoms with E-state index in [1.165, 1.54) is 13.4 Å². The highest BCUT2D eigenvalue weighted by atomic mass is 19.1. The molecule has 2 rings (SSSR count). The largest absolute Gasteiger partial charge is 0.313 e. The number of nitrogens with zero attached hydrogens (tertiary/aromatic N) is 2. The van der Waals surface area contributed by atoms with E-state index in [2.05, 4.69) is 9.97 Å². The number of halogens is 1. The molecule has 0 amide bonds. The van der Waals surface area contributed by atoms with Crippen molar-refractivity contribution in [3.63, 3.8) is 0 Å². The van der Waals surface area contributed by atoms with Crippen LogP contribution in [0.4, 0.5) is 4.39 Å². The van der Waals surface area contributed by atoms with Crippen LogP contribution in [0.2, 0.25) is 0 Å². The molecule has 0 aliphatic heterocycles. The molecule has 0 atom stereocenters. The van der Waals surface area contributed by atoms with Crippen LogP contribution in [0.15, 0.2) is 22.0 Å². The molecule has 0 aromatic carbocycles. The first kappa shape index (κ1) is 8.61. The summed E-state index contributed by atoms with van der Waals surface area (Å²) >= 11 is 0. The lowest BCUT2D eigenvalue weighted by atomic mass is 10.3. The molecule has 0 aliphatic carbocycles. The van der Waals surface area contributed by atoms with E-state index in [1.54, 1.807) is 0 Å². The fourth-order valence-corrected chi connectivity index (χ4v) is 1.24. The maximum absolute atomic E-state index is 13.0. The second-order valence-corrected chi connectivity index (χ2v) is 2.83. The van der Waals surface area contributed by atoms with Crippen LogP contribution in [0.3, 0.4) is 0 Å². The molecule has 0 fully saturated rings. The zero-order chi connectivity index (χ0) is 10.3. The first-order valence-corrected chi connectivity index (χ1v) is 3.84. The summed E-state index contributed by atoms with van der Waals surface area (Å²) in [7, 11) is 1.36. The Balaban J connectivity index is 3.14. The first-order chi connectivity index (χ1) is 6.61. The SMILES string of the molecule is Cn1c(=O)c(F)cc2c(=O)[nH]cnc21. The monoisotopic (exact) mass is 195 g/mol. The lowest BCUT2D eigenvalue weighted by Gasteiger charge is -2.01. The lowest BCUT2D eigenvalue weighted by Crippen LogP contribution is -2.23.